The Labute approximate surface area is 200 Å². The van der Waals surface area contributed by atoms with E-state index in [1.165, 1.54) is 28.5 Å². The van der Waals surface area contributed by atoms with Crippen LogP contribution in [0.4, 0.5) is 0 Å². The molecule has 34 heavy (non-hydrogen) atoms. The van der Waals surface area contributed by atoms with Gasteiger partial charge in [0.2, 0.25) is 0 Å². The van der Waals surface area contributed by atoms with Gasteiger partial charge in [0.15, 0.2) is 0 Å². The summed E-state index contributed by atoms with van der Waals surface area (Å²) in [4.78, 5) is 0.0941. The minimum atomic E-state index is -3.99. The lowest BCUT2D eigenvalue weighted by atomic mass is 9.80. The third-order valence-corrected chi connectivity index (χ3v) is 7.34. The highest BCUT2D eigenvalue weighted by Gasteiger charge is 2.24. The summed E-state index contributed by atoms with van der Waals surface area (Å²) in [6, 6.07) is 31.5. The first-order valence-corrected chi connectivity index (χ1v) is 12.7. The number of benzene rings is 4. The first kappa shape index (κ1) is 22.1. The molecule has 0 bridgehead atoms. The van der Waals surface area contributed by atoms with Crippen LogP contribution in [0.3, 0.4) is 0 Å². The third kappa shape index (κ3) is 4.80. The van der Waals surface area contributed by atoms with Gasteiger partial charge in [-0.25, -0.2) is 0 Å². The molecule has 0 fully saturated rings. The van der Waals surface area contributed by atoms with Crippen LogP contribution in [0.15, 0.2) is 113 Å². The Morgan fingerprint density at radius 3 is 2.26 bits per heavy atom. The van der Waals surface area contributed by atoms with Gasteiger partial charge in [0.05, 0.1) is 5.71 Å². The minimum Gasteiger partial charge on any atom is -0.265 e. The van der Waals surface area contributed by atoms with Gasteiger partial charge in [-0.3, -0.25) is 4.28 Å². The molecule has 1 unspecified atom stereocenters. The molecule has 0 spiro atoms. The van der Waals surface area contributed by atoms with Crippen molar-refractivity contribution in [3.63, 3.8) is 0 Å². The second-order valence-electron chi connectivity index (χ2n) is 8.67. The Balaban J connectivity index is 1.50. The van der Waals surface area contributed by atoms with Crippen LogP contribution >= 0.6 is 0 Å². The van der Waals surface area contributed by atoms with Gasteiger partial charge < -0.3 is 0 Å². The molecular weight excluding hydrogens is 442 g/mol. The second-order valence-corrected chi connectivity index (χ2v) is 10.2. The molecule has 1 aliphatic rings. The molecule has 0 saturated heterocycles. The summed E-state index contributed by atoms with van der Waals surface area (Å²) in [5.74, 6) is 0.178. The zero-order valence-corrected chi connectivity index (χ0v) is 19.7. The van der Waals surface area contributed by atoms with Crippen LogP contribution < -0.4 is 0 Å². The summed E-state index contributed by atoms with van der Waals surface area (Å²) in [7, 11) is -3.99. The molecule has 5 heteroatoms. The number of hydrogen-bond donors (Lipinski definition) is 0. The quantitative estimate of drug-likeness (QED) is 0.301. The highest BCUT2D eigenvalue weighted by Crippen LogP contribution is 2.37. The molecule has 5 rings (SSSR count). The van der Waals surface area contributed by atoms with E-state index in [4.69, 9.17) is 4.28 Å². The summed E-state index contributed by atoms with van der Waals surface area (Å²) in [5, 5.41) is 6.47. The van der Waals surface area contributed by atoms with Gasteiger partial charge in [0, 0.05) is 6.42 Å². The lowest BCUT2D eigenvalue weighted by molar-refractivity contribution is 0.337. The summed E-state index contributed by atoms with van der Waals surface area (Å²) in [6.45, 7) is 1.91. The largest absolute Gasteiger partial charge is 0.358 e. The molecule has 1 atom stereocenters. The average Bonchev–Trinajstić information content (AvgIpc) is 2.88. The first-order chi connectivity index (χ1) is 16.5. The fourth-order valence-electron chi connectivity index (χ4n) is 4.37. The van der Waals surface area contributed by atoms with E-state index in [1.54, 1.807) is 12.1 Å². The SMILES string of the molecule is Cc1ccc(S(=O)(=O)O/N=C2\C=C(c3ccc4ccccc4c3)CC(c3ccccc3)C2)cc1. The highest BCUT2D eigenvalue weighted by molar-refractivity contribution is 7.86. The van der Waals surface area contributed by atoms with Gasteiger partial charge in [0.1, 0.15) is 4.90 Å². The van der Waals surface area contributed by atoms with Crippen LogP contribution in [0.5, 0.6) is 0 Å². The van der Waals surface area contributed by atoms with Crippen molar-refractivity contribution in [3.8, 4) is 0 Å². The molecule has 4 aromatic carbocycles. The smallest absolute Gasteiger partial charge is 0.265 e. The zero-order valence-electron chi connectivity index (χ0n) is 18.9. The lowest BCUT2D eigenvalue weighted by Gasteiger charge is -2.24. The van der Waals surface area contributed by atoms with E-state index in [-0.39, 0.29) is 10.8 Å². The van der Waals surface area contributed by atoms with Crippen LogP contribution in [0.1, 0.15) is 35.4 Å². The Morgan fingerprint density at radius 2 is 1.50 bits per heavy atom. The summed E-state index contributed by atoms with van der Waals surface area (Å²) in [5.41, 5.74) is 5.00. The Bertz CT molecular complexity index is 1490. The van der Waals surface area contributed by atoms with Crippen LogP contribution in [0.25, 0.3) is 16.3 Å². The molecule has 0 radical (unpaired) electrons. The molecule has 170 valence electrons. The molecule has 0 aliphatic heterocycles. The normalized spacial score (nSPS) is 17.5. The molecule has 0 saturated carbocycles. The Hall–Kier alpha value is -3.70. The summed E-state index contributed by atoms with van der Waals surface area (Å²) in [6.07, 6.45) is 3.41. The third-order valence-electron chi connectivity index (χ3n) is 6.22. The molecular formula is C29H25NO3S. The van der Waals surface area contributed by atoms with Crippen molar-refractivity contribution in [1.29, 1.82) is 0 Å². The number of aryl methyl sites for hydroxylation is 1. The average molecular weight is 468 g/mol. The van der Waals surface area contributed by atoms with Crippen molar-refractivity contribution in [3.05, 3.63) is 120 Å². The zero-order chi connectivity index (χ0) is 23.5. The molecule has 0 amide bonds. The van der Waals surface area contributed by atoms with E-state index in [0.29, 0.717) is 12.1 Å². The van der Waals surface area contributed by atoms with Crippen molar-refractivity contribution < 1.29 is 12.7 Å². The second kappa shape index (κ2) is 9.27. The Morgan fingerprint density at radius 1 is 0.794 bits per heavy atom. The predicted octanol–water partition coefficient (Wildman–Crippen LogP) is 6.87. The van der Waals surface area contributed by atoms with Crippen LogP contribution in [-0.4, -0.2) is 14.1 Å². The molecule has 0 N–H and O–H groups in total. The first-order valence-electron chi connectivity index (χ1n) is 11.3. The van der Waals surface area contributed by atoms with Gasteiger partial charge >= 0.3 is 10.1 Å². The van der Waals surface area contributed by atoms with Gasteiger partial charge in [-0.2, -0.15) is 8.42 Å². The van der Waals surface area contributed by atoms with Crippen molar-refractivity contribution >= 4 is 32.2 Å². The Kier molecular flexibility index (Phi) is 6.03. The number of oxime groups is 1. The van der Waals surface area contributed by atoms with Crippen molar-refractivity contribution in [2.24, 2.45) is 5.16 Å². The van der Waals surface area contributed by atoms with Crippen LogP contribution in [-0.2, 0) is 14.4 Å². The lowest BCUT2D eigenvalue weighted by Crippen LogP contribution is -2.14. The number of fused-ring (bicyclic) bond motifs is 1. The highest BCUT2D eigenvalue weighted by atomic mass is 32.2. The monoisotopic (exact) mass is 467 g/mol. The maximum Gasteiger partial charge on any atom is 0.358 e. The number of rotatable bonds is 5. The summed E-state index contributed by atoms with van der Waals surface area (Å²) >= 11 is 0. The van der Waals surface area contributed by atoms with Crippen molar-refractivity contribution in [2.75, 3.05) is 0 Å². The molecule has 4 aromatic rings. The molecule has 1 aliphatic carbocycles. The van der Waals surface area contributed by atoms with Gasteiger partial charge in [0.25, 0.3) is 0 Å². The predicted molar refractivity (Wildman–Crippen MR) is 137 cm³/mol. The number of allylic oxidation sites excluding steroid dienone is 2. The van der Waals surface area contributed by atoms with E-state index < -0.39 is 10.1 Å². The fraction of sp³-hybridized carbons (Fsp3) is 0.138. The number of nitrogens with zero attached hydrogens (tertiary/aromatic N) is 1. The molecule has 0 aromatic heterocycles. The maximum absolute atomic E-state index is 12.7. The standard InChI is InChI=1S/C29H25NO3S/c1-21-11-15-29(16-12-21)34(31,32)33-30-28-19-26(22-7-3-2-4-8-22)18-27(20-28)25-14-13-23-9-5-6-10-24(23)17-25/h2-17,20,26H,18-19H2,1H3/b30-28-. The van der Waals surface area contributed by atoms with E-state index in [1.807, 2.05) is 43.3 Å². The van der Waals surface area contributed by atoms with E-state index >= 15 is 0 Å². The van der Waals surface area contributed by atoms with E-state index in [2.05, 4.69) is 47.6 Å². The molecule has 0 heterocycles. The van der Waals surface area contributed by atoms with Crippen molar-refractivity contribution in [1.82, 2.24) is 0 Å². The van der Waals surface area contributed by atoms with Gasteiger partial charge in [-0.1, -0.05) is 89.6 Å². The van der Waals surface area contributed by atoms with Crippen molar-refractivity contribution in [2.45, 2.75) is 30.6 Å². The fourth-order valence-corrected chi connectivity index (χ4v) is 5.12. The summed E-state index contributed by atoms with van der Waals surface area (Å²) < 4.78 is 30.5. The topological polar surface area (TPSA) is 55.7 Å². The van der Waals surface area contributed by atoms with Gasteiger partial charge in [-0.15, -0.1) is 0 Å². The van der Waals surface area contributed by atoms with Crippen LogP contribution in [0.2, 0.25) is 0 Å². The van der Waals surface area contributed by atoms with E-state index in [9.17, 15) is 8.42 Å². The van der Waals surface area contributed by atoms with Gasteiger partial charge in [-0.05, 0) is 71.0 Å². The minimum absolute atomic E-state index is 0.0941. The van der Waals surface area contributed by atoms with E-state index in [0.717, 1.165) is 23.1 Å². The maximum atomic E-state index is 12.7. The molecule has 4 nitrogen and oxygen atoms in total. The number of hydrogen-bond acceptors (Lipinski definition) is 4. The van der Waals surface area contributed by atoms with Crippen LogP contribution in [0, 0.1) is 6.92 Å².